The summed E-state index contributed by atoms with van der Waals surface area (Å²) in [5.74, 6) is -0.817. The lowest BCUT2D eigenvalue weighted by atomic mass is 10.1. The third kappa shape index (κ3) is 1.38. The number of carboxylic acid groups (broad SMARTS) is 1. The molecule has 1 saturated heterocycles. The van der Waals surface area contributed by atoms with Crippen LogP contribution in [0, 0.1) is 5.41 Å². The van der Waals surface area contributed by atoms with Gasteiger partial charge in [-0.05, 0) is 25.7 Å². The van der Waals surface area contributed by atoms with Crippen LogP contribution in [-0.2, 0) is 9.59 Å². The molecule has 2 aliphatic rings. The van der Waals surface area contributed by atoms with E-state index in [0.717, 1.165) is 19.3 Å². The predicted octanol–water partition coefficient (Wildman–Crippen LogP) is 0.862. The highest BCUT2D eigenvalue weighted by Gasteiger charge is 2.50. The van der Waals surface area contributed by atoms with Crippen LogP contribution >= 0.6 is 0 Å². The first kappa shape index (κ1) is 9.49. The van der Waals surface area contributed by atoms with Gasteiger partial charge >= 0.3 is 5.97 Å². The lowest BCUT2D eigenvalue weighted by Crippen LogP contribution is -2.43. The van der Waals surface area contributed by atoms with E-state index < -0.39 is 12.0 Å². The molecule has 0 aromatic heterocycles. The highest BCUT2D eigenvalue weighted by molar-refractivity contribution is 5.89. The molecule has 14 heavy (non-hydrogen) atoms. The molecule has 1 aliphatic heterocycles. The zero-order valence-corrected chi connectivity index (χ0v) is 8.32. The standard InChI is InChI=1S/C10H15NO3/c1-10(4-5-10)9(14)11-6-2-3-7(11)8(12)13/h7H,2-6H2,1H3,(H,12,13)/t7-/m0/s1. The molecular weight excluding hydrogens is 182 g/mol. The van der Waals surface area contributed by atoms with Gasteiger partial charge in [-0.2, -0.15) is 0 Å². The zero-order valence-electron chi connectivity index (χ0n) is 8.32. The molecule has 1 N–H and O–H groups in total. The summed E-state index contributed by atoms with van der Waals surface area (Å²) in [6.45, 7) is 2.54. The van der Waals surface area contributed by atoms with E-state index in [1.807, 2.05) is 6.92 Å². The molecule has 0 bridgehead atoms. The Morgan fingerprint density at radius 1 is 1.43 bits per heavy atom. The summed E-state index contributed by atoms with van der Waals surface area (Å²) in [5, 5.41) is 8.92. The van der Waals surface area contributed by atoms with E-state index in [2.05, 4.69) is 0 Å². The molecule has 0 aromatic carbocycles. The van der Waals surface area contributed by atoms with E-state index in [-0.39, 0.29) is 11.3 Å². The van der Waals surface area contributed by atoms with Gasteiger partial charge in [-0.1, -0.05) is 6.92 Å². The molecule has 1 heterocycles. The third-order valence-electron chi connectivity index (χ3n) is 3.32. The van der Waals surface area contributed by atoms with Crippen molar-refractivity contribution in [2.75, 3.05) is 6.54 Å². The first-order valence-electron chi connectivity index (χ1n) is 5.08. The summed E-state index contributed by atoms with van der Waals surface area (Å²) in [7, 11) is 0. The van der Waals surface area contributed by atoms with Gasteiger partial charge < -0.3 is 10.0 Å². The molecule has 0 radical (unpaired) electrons. The highest BCUT2D eigenvalue weighted by Crippen LogP contribution is 2.47. The van der Waals surface area contributed by atoms with Crippen molar-refractivity contribution in [1.29, 1.82) is 0 Å². The maximum Gasteiger partial charge on any atom is 0.326 e. The van der Waals surface area contributed by atoms with Crippen LogP contribution in [0.2, 0.25) is 0 Å². The lowest BCUT2D eigenvalue weighted by Gasteiger charge is -2.24. The monoisotopic (exact) mass is 197 g/mol. The third-order valence-corrected chi connectivity index (χ3v) is 3.32. The smallest absolute Gasteiger partial charge is 0.326 e. The van der Waals surface area contributed by atoms with Crippen LogP contribution in [0.3, 0.4) is 0 Å². The minimum absolute atomic E-state index is 0.0439. The fourth-order valence-corrected chi connectivity index (χ4v) is 2.01. The van der Waals surface area contributed by atoms with Gasteiger partial charge in [0.05, 0.1) is 0 Å². The van der Waals surface area contributed by atoms with Gasteiger partial charge in [0.15, 0.2) is 0 Å². The van der Waals surface area contributed by atoms with E-state index in [0.29, 0.717) is 13.0 Å². The molecule has 1 amide bonds. The second-order valence-electron chi connectivity index (χ2n) is 4.56. The van der Waals surface area contributed by atoms with Crippen LogP contribution < -0.4 is 0 Å². The number of likely N-dealkylation sites (tertiary alicyclic amines) is 1. The topological polar surface area (TPSA) is 57.6 Å². The van der Waals surface area contributed by atoms with Gasteiger partial charge in [0.25, 0.3) is 0 Å². The van der Waals surface area contributed by atoms with Crippen molar-refractivity contribution >= 4 is 11.9 Å². The Hall–Kier alpha value is -1.06. The maximum absolute atomic E-state index is 11.9. The summed E-state index contributed by atoms with van der Waals surface area (Å²) in [6, 6.07) is -0.570. The largest absolute Gasteiger partial charge is 0.480 e. The molecule has 0 unspecified atom stereocenters. The molecule has 2 rings (SSSR count). The molecule has 1 saturated carbocycles. The van der Waals surface area contributed by atoms with Crippen molar-refractivity contribution in [2.24, 2.45) is 5.41 Å². The fraction of sp³-hybridized carbons (Fsp3) is 0.800. The van der Waals surface area contributed by atoms with Gasteiger partial charge in [0, 0.05) is 12.0 Å². The van der Waals surface area contributed by atoms with Crippen LogP contribution in [0.5, 0.6) is 0 Å². The Bertz CT molecular complexity index is 283. The van der Waals surface area contributed by atoms with Crippen LogP contribution in [0.4, 0.5) is 0 Å². The Balaban J connectivity index is 2.09. The number of aliphatic carboxylic acids is 1. The SMILES string of the molecule is CC1(C(=O)N2CCC[C@H]2C(=O)O)CC1. The molecule has 1 aliphatic carbocycles. The van der Waals surface area contributed by atoms with Crippen molar-refractivity contribution in [3.05, 3.63) is 0 Å². The van der Waals surface area contributed by atoms with Gasteiger partial charge in [0.2, 0.25) is 5.91 Å². The quantitative estimate of drug-likeness (QED) is 0.714. The van der Waals surface area contributed by atoms with Crippen molar-refractivity contribution in [1.82, 2.24) is 4.90 Å². The number of hydrogen-bond acceptors (Lipinski definition) is 2. The number of carbonyl (C=O) groups is 2. The summed E-state index contributed by atoms with van der Waals surface area (Å²) >= 11 is 0. The first-order valence-corrected chi connectivity index (χ1v) is 5.08. The molecule has 4 nitrogen and oxygen atoms in total. The highest BCUT2D eigenvalue weighted by atomic mass is 16.4. The number of hydrogen-bond donors (Lipinski definition) is 1. The molecule has 4 heteroatoms. The second-order valence-corrected chi connectivity index (χ2v) is 4.56. The fourth-order valence-electron chi connectivity index (χ4n) is 2.01. The number of amides is 1. The Kier molecular flexibility index (Phi) is 2.01. The van der Waals surface area contributed by atoms with Crippen LogP contribution in [-0.4, -0.2) is 34.5 Å². The van der Waals surface area contributed by atoms with E-state index in [9.17, 15) is 9.59 Å². The number of rotatable bonds is 2. The molecule has 78 valence electrons. The molecular formula is C10H15NO3. The van der Waals surface area contributed by atoms with Crippen LogP contribution in [0.25, 0.3) is 0 Å². The van der Waals surface area contributed by atoms with Crippen molar-refractivity contribution < 1.29 is 14.7 Å². The normalized spacial score (nSPS) is 28.9. The minimum Gasteiger partial charge on any atom is -0.480 e. The van der Waals surface area contributed by atoms with Gasteiger partial charge in [-0.25, -0.2) is 4.79 Å². The van der Waals surface area contributed by atoms with E-state index in [1.54, 1.807) is 4.90 Å². The van der Waals surface area contributed by atoms with Crippen molar-refractivity contribution in [3.8, 4) is 0 Å². The number of carboxylic acids is 1. The predicted molar refractivity (Wildman–Crippen MR) is 49.7 cm³/mol. The molecule has 0 aromatic rings. The Morgan fingerprint density at radius 3 is 2.57 bits per heavy atom. The second kappa shape index (κ2) is 2.97. The lowest BCUT2D eigenvalue weighted by molar-refractivity contribution is -0.150. The maximum atomic E-state index is 11.9. The van der Waals surface area contributed by atoms with Gasteiger partial charge in [0.1, 0.15) is 6.04 Å². The van der Waals surface area contributed by atoms with E-state index >= 15 is 0 Å². The average molecular weight is 197 g/mol. The summed E-state index contributed by atoms with van der Waals surface area (Å²) in [6.07, 6.45) is 3.25. The molecule has 0 spiro atoms. The summed E-state index contributed by atoms with van der Waals surface area (Å²) in [5.41, 5.74) is -0.238. The summed E-state index contributed by atoms with van der Waals surface area (Å²) in [4.78, 5) is 24.3. The number of nitrogens with zero attached hydrogens (tertiary/aromatic N) is 1. The number of carbonyl (C=O) groups excluding carboxylic acids is 1. The first-order chi connectivity index (χ1) is 6.54. The Labute approximate surface area is 82.9 Å². The van der Waals surface area contributed by atoms with E-state index in [4.69, 9.17) is 5.11 Å². The van der Waals surface area contributed by atoms with Crippen LogP contribution in [0.1, 0.15) is 32.6 Å². The van der Waals surface area contributed by atoms with Crippen molar-refractivity contribution in [2.45, 2.75) is 38.6 Å². The average Bonchev–Trinajstić information content (AvgIpc) is 2.69. The van der Waals surface area contributed by atoms with Crippen LogP contribution in [0.15, 0.2) is 0 Å². The van der Waals surface area contributed by atoms with Crippen molar-refractivity contribution in [3.63, 3.8) is 0 Å². The van der Waals surface area contributed by atoms with Gasteiger partial charge in [-0.3, -0.25) is 4.79 Å². The minimum atomic E-state index is -0.861. The molecule has 2 fully saturated rings. The molecule has 1 atom stereocenters. The van der Waals surface area contributed by atoms with E-state index in [1.165, 1.54) is 0 Å². The summed E-state index contributed by atoms with van der Waals surface area (Å²) < 4.78 is 0. The zero-order chi connectivity index (χ0) is 10.3. The Morgan fingerprint density at radius 2 is 2.07 bits per heavy atom. The van der Waals surface area contributed by atoms with Gasteiger partial charge in [-0.15, -0.1) is 0 Å².